The summed E-state index contributed by atoms with van der Waals surface area (Å²) in [5.41, 5.74) is 0.844. The zero-order chi connectivity index (χ0) is 23.9. The molecule has 0 saturated carbocycles. The van der Waals surface area contributed by atoms with E-state index in [0.29, 0.717) is 24.1 Å². The number of phenolic OH excluding ortho intramolecular Hbond substituents is 1. The molecule has 0 radical (unpaired) electrons. The van der Waals surface area contributed by atoms with Crippen LogP contribution in [0.1, 0.15) is 16.8 Å². The number of benzene rings is 1. The van der Waals surface area contributed by atoms with Crippen molar-refractivity contribution in [3.05, 3.63) is 40.6 Å². The number of aromatic hydroxyl groups is 1. The number of likely N-dealkylation sites (N-methyl/N-ethyl adjacent to an activating group) is 1. The fourth-order valence-electron chi connectivity index (χ4n) is 4.23. The molecule has 0 aliphatic carbocycles. The Labute approximate surface area is 194 Å². The SMILES string of the molecule is C=Nn1c(C)cc(-c2c(C)cc(C(F)(F)F)cc2O)n/c1=N/CN1CCN2SN(C)C[C@@H]2C1. The highest BCUT2D eigenvalue weighted by Crippen LogP contribution is 2.38. The van der Waals surface area contributed by atoms with Crippen LogP contribution < -0.4 is 5.62 Å². The van der Waals surface area contributed by atoms with Crippen molar-refractivity contribution in [3.63, 3.8) is 0 Å². The molecule has 2 aromatic rings. The predicted octanol–water partition coefficient (Wildman–Crippen LogP) is 2.71. The van der Waals surface area contributed by atoms with Gasteiger partial charge in [-0.05, 0) is 44.7 Å². The molecule has 1 N–H and O–H groups in total. The number of piperazine rings is 1. The number of hydrogen-bond donors (Lipinski definition) is 1. The van der Waals surface area contributed by atoms with Crippen molar-refractivity contribution in [3.8, 4) is 17.0 Å². The Hall–Kier alpha value is -2.41. The van der Waals surface area contributed by atoms with Crippen molar-refractivity contribution in [1.29, 1.82) is 0 Å². The molecule has 1 aromatic heterocycles. The minimum Gasteiger partial charge on any atom is -0.507 e. The Morgan fingerprint density at radius 2 is 1.97 bits per heavy atom. The maximum atomic E-state index is 13.1. The van der Waals surface area contributed by atoms with Gasteiger partial charge in [-0.1, -0.05) is 0 Å². The lowest BCUT2D eigenvalue weighted by Crippen LogP contribution is -2.49. The van der Waals surface area contributed by atoms with Gasteiger partial charge in [-0.3, -0.25) is 4.90 Å². The third kappa shape index (κ3) is 4.93. The summed E-state index contributed by atoms with van der Waals surface area (Å²) < 4.78 is 45.4. The van der Waals surface area contributed by atoms with E-state index in [2.05, 4.69) is 42.4 Å². The number of alkyl halides is 3. The minimum absolute atomic E-state index is 0.235. The summed E-state index contributed by atoms with van der Waals surface area (Å²) in [5, 5.41) is 14.4. The first-order valence-corrected chi connectivity index (χ1v) is 11.2. The molecule has 2 aliphatic heterocycles. The van der Waals surface area contributed by atoms with E-state index in [4.69, 9.17) is 0 Å². The van der Waals surface area contributed by atoms with Crippen molar-refractivity contribution in [2.45, 2.75) is 26.1 Å². The van der Waals surface area contributed by atoms with Crippen molar-refractivity contribution < 1.29 is 18.3 Å². The van der Waals surface area contributed by atoms with Crippen LogP contribution >= 0.6 is 12.1 Å². The summed E-state index contributed by atoms with van der Waals surface area (Å²) in [6.45, 7) is 10.9. The zero-order valence-electron chi connectivity index (χ0n) is 18.7. The zero-order valence-corrected chi connectivity index (χ0v) is 19.5. The third-order valence-corrected chi connectivity index (χ3v) is 6.88. The normalized spacial score (nSPS) is 20.9. The molecule has 4 rings (SSSR count). The second-order valence-electron chi connectivity index (χ2n) is 8.28. The Morgan fingerprint density at radius 1 is 1.21 bits per heavy atom. The van der Waals surface area contributed by atoms with E-state index in [-0.39, 0.29) is 16.7 Å². The van der Waals surface area contributed by atoms with Gasteiger partial charge in [0.15, 0.2) is 0 Å². The van der Waals surface area contributed by atoms with Crippen LogP contribution in [-0.2, 0) is 6.18 Å². The van der Waals surface area contributed by atoms with Gasteiger partial charge in [0, 0.05) is 62.3 Å². The Kier molecular flexibility index (Phi) is 6.54. The van der Waals surface area contributed by atoms with Crippen molar-refractivity contribution in [1.82, 2.24) is 23.2 Å². The first kappa shape index (κ1) is 23.7. The lowest BCUT2D eigenvalue weighted by atomic mass is 10.00. The summed E-state index contributed by atoms with van der Waals surface area (Å²) >= 11 is 1.75. The first-order chi connectivity index (χ1) is 15.6. The maximum absolute atomic E-state index is 13.1. The quantitative estimate of drug-likeness (QED) is 0.535. The maximum Gasteiger partial charge on any atom is 0.416 e. The molecule has 2 fully saturated rings. The average Bonchev–Trinajstić information content (AvgIpc) is 3.10. The molecule has 1 atom stereocenters. The molecule has 12 heteroatoms. The number of fused-ring (bicyclic) bond motifs is 1. The third-order valence-electron chi connectivity index (χ3n) is 5.77. The number of nitrogens with zero attached hydrogens (tertiary/aromatic N) is 7. The number of phenols is 1. The molecule has 0 spiro atoms. The van der Waals surface area contributed by atoms with Crippen molar-refractivity contribution in [2.75, 3.05) is 39.9 Å². The molecule has 0 unspecified atom stereocenters. The number of aromatic nitrogens is 2. The molecule has 2 aliphatic rings. The van der Waals surface area contributed by atoms with E-state index in [1.807, 2.05) is 0 Å². The fraction of sp³-hybridized carbons (Fsp3) is 0.476. The largest absolute Gasteiger partial charge is 0.507 e. The molecule has 3 heterocycles. The van der Waals surface area contributed by atoms with Crippen molar-refractivity contribution >= 4 is 18.9 Å². The van der Waals surface area contributed by atoms with Gasteiger partial charge in [0.1, 0.15) is 5.75 Å². The molecule has 2 saturated heterocycles. The summed E-state index contributed by atoms with van der Waals surface area (Å²) in [6.07, 6.45) is -4.55. The lowest BCUT2D eigenvalue weighted by Gasteiger charge is -2.34. The highest BCUT2D eigenvalue weighted by molar-refractivity contribution is 7.94. The van der Waals surface area contributed by atoms with Crippen LogP contribution in [0.5, 0.6) is 5.75 Å². The Bertz CT molecular complexity index is 1110. The van der Waals surface area contributed by atoms with Crippen LogP contribution in [0, 0.1) is 13.8 Å². The van der Waals surface area contributed by atoms with Gasteiger partial charge < -0.3 is 5.11 Å². The van der Waals surface area contributed by atoms with E-state index >= 15 is 0 Å². The van der Waals surface area contributed by atoms with Gasteiger partial charge in [-0.25, -0.2) is 23.3 Å². The van der Waals surface area contributed by atoms with E-state index in [1.54, 1.807) is 25.1 Å². The standard InChI is InChI=1S/C21H26F3N7OS/c1-13-7-15(21(22,23)24)9-18(32)19(13)17-8-14(2)31(25-3)20(27-17)26-12-29-5-6-30-16(11-29)10-28(4)33-30/h7-9,16,32H,3,5-6,10-12H2,1-2,4H3/b26-20-/t16-/m1/s1. The van der Waals surface area contributed by atoms with Crippen LogP contribution in [0.2, 0.25) is 0 Å². The molecule has 1 aromatic carbocycles. The van der Waals surface area contributed by atoms with Gasteiger partial charge in [0.2, 0.25) is 5.62 Å². The topological polar surface area (TPSA) is 72.5 Å². The second-order valence-corrected chi connectivity index (χ2v) is 9.54. The van der Waals surface area contributed by atoms with Gasteiger partial charge in [-0.2, -0.15) is 18.3 Å². The summed E-state index contributed by atoms with van der Waals surface area (Å²) in [4.78, 5) is 11.4. The lowest BCUT2D eigenvalue weighted by molar-refractivity contribution is -0.137. The van der Waals surface area contributed by atoms with Gasteiger partial charge in [-0.15, -0.1) is 0 Å². The minimum atomic E-state index is -4.55. The molecule has 33 heavy (non-hydrogen) atoms. The molecule has 0 bridgehead atoms. The number of hydrogen-bond acceptors (Lipinski definition) is 8. The monoisotopic (exact) mass is 481 g/mol. The van der Waals surface area contributed by atoms with Gasteiger partial charge >= 0.3 is 6.18 Å². The van der Waals surface area contributed by atoms with Crippen LogP contribution in [0.3, 0.4) is 0 Å². The van der Waals surface area contributed by atoms with E-state index < -0.39 is 17.5 Å². The van der Waals surface area contributed by atoms with E-state index in [9.17, 15) is 18.3 Å². The van der Waals surface area contributed by atoms with Crippen molar-refractivity contribution in [2.24, 2.45) is 10.1 Å². The smallest absolute Gasteiger partial charge is 0.416 e. The molecule has 178 valence electrons. The molecular weight excluding hydrogens is 455 g/mol. The molecule has 0 amide bonds. The summed E-state index contributed by atoms with van der Waals surface area (Å²) in [6, 6.07) is 3.81. The first-order valence-electron chi connectivity index (χ1n) is 10.4. The van der Waals surface area contributed by atoms with Crippen LogP contribution in [-0.4, -0.2) is 80.9 Å². The van der Waals surface area contributed by atoms with Crippen LogP contribution in [0.4, 0.5) is 13.2 Å². The van der Waals surface area contributed by atoms with Gasteiger partial charge in [0.25, 0.3) is 0 Å². The Morgan fingerprint density at radius 3 is 2.64 bits per heavy atom. The molecular formula is C21H26F3N7OS. The highest BCUT2D eigenvalue weighted by Gasteiger charge is 2.34. The van der Waals surface area contributed by atoms with Crippen LogP contribution in [0.25, 0.3) is 11.3 Å². The van der Waals surface area contributed by atoms with E-state index in [0.717, 1.165) is 38.3 Å². The number of aryl methyl sites for hydroxylation is 2. The van der Waals surface area contributed by atoms with Crippen LogP contribution in [0.15, 0.2) is 28.3 Å². The van der Waals surface area contributed by atoms with Gasteiger partial charge in [0.05, 0.1) is 17.9 Å². The average molecular weight is 482 g/mol. The fourth-order valence-corrected chi connectivity index (χ4v) is 5.26. The second kappa shape index (κ2) is 9.09. The summed E-state index contributed by atoms with van der Waals surface area (Å²) in [5.74, 6) is -0.483. The predicted molar refractivity (Wildman–Crippen MR) is 121 cm³/mol. The summed E-state index contributed by atoms with van der Waals surface area (Å²) in [7, 11) is 2.08. The number of halogens is 3. The number of rotatable bonds is 4. The van der Waals surface area contributed by atoms with E-state index in [1.165, 1.54) is 11.6 Å². The molecule has 8 nitrogen and oxygen atoms in total. The highest BCUT2D eigenvalue weighted by atomic mass is 32.2. The Balaban J connectivity index is 1.67.